The Balaban J connectivity index is 5.34. The molecule has 0 fully saturated rings. The molecule has 0 saturated carbocycles. The van der Waals surface area contributed by atoms with Crippen LogP contribution in [0.3, 0.4) is 0 Å². The summed E-state index contributed by atoms with van der Waals surface area (Å²) in [5.74, 6) is -2.18. The average molecular weight is 1430 g/mol. The fourth-order valence-electron chi connectivity index (χ4n) is 10.9. The van der Waals surface area contributed by atoms with E-state index in [1.54, 1.807) is 0 Å². The van der Waals surface area contributed by atoms with Crippen molar-refractivity contribution in [3.63, 3.8) is 0 Å². The molecule has 0 aliphatic rings. The maximum Gasteiger partial charge on any atom is 0.472 e. The number of hydrogen-bond donors (Lipinski definition) is 3. The molecular weight excluding hydrogens is 1280 g/mol. The Kier molecular flexibility index (Phi) is 69.7. The van der Waals surface area contributed by atoms with E-state index in [9.17, 15) is 43.2 Å². The van der Waals surface area contributed by atoms with Crippen LogP contribution in [0, 0.1) is 0 Å². The second-order valence-corrected chi connectivity index (χ2v) is 29.6. The third-order valence-electron chi connectivity index (χ3n) is 17.0. The van der Waals surface area contributed by atoms with Crippen molar-refractivity contribution in [3.05, 3.63) is 60.8 Å². The highest BCUT2D eigenvalue weighted by Gasteiger charge is 2.30. The van der Waals surface area contributed by atoms with Crippen LogP contribution in [-0.2, 0) is 65.4 Å². The molecule has 0 spiro atoms. The highest BCUT2D eigenvalue weighted by atomic mass is 31.2. The van der Waals surface area contributed by atoms with Crippen molar-refractivity contribution in [2.45, 2.75) is 380 Å². The van der Waals surface area contributed by atoms with Crippen molar-refractivity contribution in [1.29, 1.82) is 0 Å². The number of ether oxygens (including phenoxy) is 4. The topological polar surface area (TPSA) is 237 Å². The third kappa shape index (κ3) is 71.2. The fraction of sp³-hybridized carbons (Fsp3) is 0.823. The number of phosphoric acid groups is 2. The first-order chi connectivity index (χ1) is 47.7. The predicted octanol–water partition coefficient (Wildman–Crippen LogP) is 22.7. The summed E-state index contributed by atoms with van der Waals surface area (Å²) in [6.07, 6.45) is 70.5. The number of esters is 4. The van der Waals surface area contributed by atoms with Crippen LogP contribution in [0.25, 0.3) is 0 Å². The maximum atomic E-state index is 13.1. The van der Waals surface area contributed by atoms with E-state index in [4.69, 9.17) is 37.0 Å². The van der Waals surface area contributed by atoms with Crippen molar-refractivity contribution >= 4 is 39.5 Å². The van der Waals surface area contributed by atoms with Gasteiger partial charge in [0.25, 0.3) is 0 Å². The molecule has 3 N–H and O–H groups in total. The minimum atomic E-state index is -4.97. The smallest absolute Gasteiger partial charge is 0.462 e. The zero-order valence-electron chi connectivity index (χ0n) is 62.5. The van der Waals surface area contributed by atoms with Crippen molar-refractivity contribution in [3.8, 4) is 0 Å². The fourth-order valence-corrected chi connectivity index (χ4v) is 12.4. The van der Waals surface area contributed by atoms with Gasteiger partial charge in [-0.2, -0.15) is 0 Å². The van der Waals surface area contributed by atoms with Crippen LogP contribution >= 0.6 is 15.6 Å². The minimum absolute atomic E-state index is 0.0858. The maximum absolute atomic E-state index is 13.1. The molecule has 0 aromatic rings. The van der Waals surface area contributed by atoms with Gasteiger partial charge in [-0.3, -0.25) is 37.3 Å². The molecule has 0 radical (unpaired) electrons. The molecule has 0 heterocycles. The van der Waals surface area contributed by atoms with Crippen molar-refractivity contribution < 1.29 is 80.2 Å². The van der Waals surface area contributed by atoms with Gasteiger partial charge in [-0.15, -0.1) is 0 Å². The first-order valence-electron chi connectivity index (χ1n) is 39.5. The van der Waals surface area contributed by atoms with Gasteiger partial charge in [0.05, 0.1) is 26.4 Å². The average Bonchev–Trinajstić information content (AvgIpc) is 1.04. The van der Waals surface area contributed by atoms with Gasteiger partial charge >= 0.3 is 39.5 Å². The zero-order chi connectivity index (χ0) is 71.8. The molecule has 0 bridgehead atoms. The quantitative estimate of drug-likeness (QED) is 0.0169. The molecule has 98 heavy (non-hydrogen) atoms. The Hall–Kier alpha value is -3.24. The second kappa shape index (κ2) is 72.1. The van der Waals surface area contributed by atoms with Crippen molar-refractivity contribution in [2.75, 3.05) is 39.6 Å². The van der Waals surface area contributed by atoms with Gasteiger partial charge in [0.15, 0.2) is 12.2 Å². The summed E-state index contributed by atoms with van der Waals surface area (Å²) in [4.78, 5) is 72.9. The van der Waals surface area contributed by atoms with E-state index in [0.29, 0.717) is 25.7 Å². The number of aliphatic hydroxyl groups is 1. The van der Waals surface area contributed by atoms with E-state index in [-0.39, 0.29) is 25.7 Å². The number of carbonyl (C=O) groups is 4. The van der Waals surface area contributed by atoms with Crippen LogP contribution < -0.4 is 0 Å². The largest absolute Gasteiger partial charge is 0.472 e. The molecule has 0 aromatic carbocycles. The van der Waals surface area contributed by atoms with Crippen LogP contribution in [0.2, 0.25) is 0 Å². The third-order valence-corrected chi connectivity index (χ3v) is 18.9. The summed E-state index contributed by atoms with van der Waals surface area (Å²) < 4.78 is 68.5. The van der Waals surface area contributed by atoms with Gasteiger partial charge in [0.1, 0.15) is 19.3 Å². The molecular formula is C79H144O17P2. The van der Waals surface area contributed by atoms with Gasteiger partial charge in [0, 0.05) is 25.7 Å². The van der Waals surface area contributed by atoms with Crippen LogP contribution in [0.15, 0.2) is 60.8 Å². The molecule has 0 rings (SSSR count). The Bertz CT molecular complexity index is 2100. The number of carbonyl (C=O) groups excluding carboxylic acids is 4. The van der Waals surface area contributed by atoms with Crippen molar-refractivity contribution in [1.82, 2.24) is 0 Å². The number of rotatable bonds is 75. The van der Waals surface area contributed by atoms with Crippen LogP contribution in [-0.4, -0.2) is 96.7 Å². The molecule has 5 atom stereocenters. The van der Waals surface area contributed by atoms with Crippen molar-refractivity contribution in [2.24, 2.45) is 0 Å². The number of allylic oxidation sites excluding steroid dienone is 10. The molecule has 19 heteroatoms. The number of unbranched alkanes of at least 4 members (excludes halogenated alkanes) is 39. The Morgan fingerprint density at radius 1 is 0.286 bits per heavy atom. The summed E-state index contributed by atoms with van der Waals surface area (Å²) >= 11 is 0. The summed E-state index contributed by atoms with van der Waals surface area (Å²) in [7, 11) is -9.94. The Morgan fingerprint density at radius 3 is 0.786 bits per heavy atom. The van der Waals surface area contributed by atoms with Crippen LogP contribution in [0.4, 0.5) is 0 Å². The Labute approximate surface area is 597 Å². The lowest BCUT2D eigenvalue weighted by Gasteiger charge is -2.21. The zero-order valence-corrected chi connectivity index (χ0v) is 64.3. The molecule has 17 nitrogen and oxygen atoms in total. The monoisotopic (exact) mass is 1430 g/mol. The summed E-state index contributed by atoms with van der Waals surface area (Å²) in [5.41, 5.74) is 0. The predicted molar refractivity (Wildman–Crippen MR) is 400 cm³/mol. The first-order valence-corrected chi connectivity index (χ1v) is 42.5. The van der Waals surface area contributed by atoms with Gasteiger partial charge in [-0.05, 0) is 116 Å². The van der Waals surface area contributed by atoms with E-state index >= 15 is 0 Å². The standard InChI is InChI=1S/C79H144O17P2/c1-5-9-13-17-21-25-29-33-36-40-43-47-51-55-59-63-76(81)89-69-74(95-78(83)65-61-57-53-49-45-39-32-28-24-20-16-12-8-4)71-93-97(85,86)91-67-73(80)68-92-98(87,88)94-72-75(96-79(84)66-62-58-54-50-46-42-38-35-31-27-23-19-15-11-7-3)70-90-77(82)64-60-56-52-48-44-41-37-34-30-26-22-18-14-10-6-2/h21-22,25-26,33-38,73-75,80H,5-20,23-24,27-32,39-72H2,1-4H3,(H,85,86)(H,87,88)/b25-21-,26-22-,36-33-,37-34-,38-35-/t73-,74+,75+/m0/s1. The van der Waals surface area contributed by atoms with E-state index in [2.05, 4.69) is 88.5 Å². The second-order valence-electron chi connectivity index (χ2n) is 26.7. The van der Waals surface area contributed by atoms with E-state index in [1.807, 2.05) is 0 Å². The van der Waals surface area contributed by atoms with Gasteiger partial charge in [0.2, 0.25) is 0 Å². The van der Waals surface area contributed by atoms with Gasteiger partial charge in [-0.1, -0.05) is 281 Å². The van der Waals surface area contributed by atoms with E-state index in [1.165, 1.54) is 128 Å². The van der Waals surface area contributed by atoms with Crippen LogP contribution in [0.1, 0.15) is 362 Å². The molecule has 2 unspecified atom stereocenters. The molecule has 0 aliphatic carbocycles. The van der Waals surface area contributed by atoms with Gasteiger partial charge < -0.3 is 33.8 Å². The van der Waals surface area contributed by atoms with E-state index in [0.717, 1.165) is 154 Å². The number of hydrogen-bond acceptors (Lipinski definition) is 15. The lowest BCUT2D eigenvalue weighted by atomic mass is 10.0. The minimum Gasteiger partial charge on any atom is -0.462 e. The lowest BCUT2D eigenvalue weighted by Crippen LogP contribution is -2.30. The molecule has 0 aromatic heterocycles. The van der Waals surface area contributed by atoms with Gasteiger partial charge in [-0.25, -0.2) is 9.13 Å². The molecule has 572 valence electrons. The molecule has 0 saturated heterocycles. The highest BCUT2D eigenvalue weighted by molar-refractivity contribution is 7.47. The van der Waals surface area contributed by atoms with Crippen LogP contribution in [0.5, 0.6) is 0 Å². The lowest BCUT2D eigenvalue weighted by molar-refractivity contribution is -0.161. The summed E-state index contributed by atoms with van der Waals surface area (Å²) in [6.45, 7) is 4.84. The van der Waals surface area contributed by atoms with E-state index < -0.39 is 97.5 Å². The Morgan fingerprint density at radius 2 is 0.500 bits per heavy atom. The number of aliphatic hydroxyl groups excluding tert-OH is 1. The molecule has 0 amide bonds. The summed E-state index contributed by atoms with van der Waals surface area (Å²) in [6, 6.07) is 0. The number of phosphoric ester groups is 2. The summed E-state index contributed by atoms with van der Waals surface area (Å²) in [5, 5.41) is 10.6. The molecule has 0 aliphatic heterocycles. The highest BCUT2D eigenvalue weighted by Crippen LogP contribution is 2.45. The first kappa shape index (κ1) is 94.8. The normalized spacial score (nSPS) is 14.2. The SMILES string of the molecule is CCCCC/C=C\C/C=C\CCCCCCCC(=O)OC[C@H](COP(=O)(O)OC[C@@H](O)COP(=O)(O)OC[C@@H](COC(=O)CCCCCCC/C=C\C/C=C\CCCCC)OC(=O)CCCCCCCCCCCCCCC)OC(=O)CCCCCCC/C=C\CCCCCCCC.